The van der Waals surface area contributed by atoms with E-state index in [1.54, 1.807) is 13.3 Å². The fraction of sp³-hybridized carbons (Fsp3) is 0.375. The van der Waals surface area contributed by atoms with Crippen LogP contribution >= 0.6 is 0 Å². The van der Waals surface area contributed by atoms with Crippen LogP contribution in [-0.4, -0.2) is 47.8 Å². The van der Waals surface area contributed by atoms with Gasteiger partial charge in [-0.25, -0.2) is 4.79 Å². The molecular weight excluding hydrogens is 300 g/mol. The minimum atomic E-state index is -1.33. The van der Waals surface area contributed by atoms with Crippen LogP contribution in [-0.2, 0) is 20.7 Å². The standard InChI is InChI=1S/C16H18N2O5/c1-22-12-4-2-3-11-14(12)10(8-17-11)7-13(19)18-16(15(20)21)5-6-23-9-16/h2-4,8,17H,5-7,9H2,1H3,(H,18,19)(H,20,21). The smallest absolute Gasteiger partial charge is 0.331 e. The van der Waals surface area contributed by atoms with Crippen LogP contribution in [0.25, 0.3) is 10.9 Å². The molecule has 2 heterocycles. The van der Waals surface area contributed by atoms with E-state index in [0.29, 0.717) is 12.4 Å². The van der Waals surface area contributed by atoms with Gasteiger partial charge in [0.05, 0.1) is 20.1 Å². The minimum Gasteiger partial charge on any atom is -0.496 e. The molecule has 1 aromatic heterocycles. The zero-order valence-electron chi connectivity index (χ0n) is 12.7. The number of aliphatic carboxylic acids is 1. The number of carbonyl (C=O) groups is 2. The first kappa shape index (κ1) is 15.4. The second kappa shape index (κ2) is 5.92. The fourth-order valence-electron chi connectivity index (χ4n) is 2.90. The number of aromatic amines is 1. The zero-order valence-corrected chi connectivity index (χ0v) is 12.7. The van der Waals surface area contributed by atoms with Crippen LogP contribution in [0.15, 0.2) is 24.4 Å². The Bertz CT molecular complexity index is 746. The van der Waals surface area contributed by atoms with Gasteiger partial charge in [-0.15, -0.1) is 0 Å². The molecule has 0 saturated carbocycles. The number of benzene rings is 1. The number of amides is 1. The zero-order chi connectivity index (χ0) is 16.4. The monoisotopic (exact) mass is 318 g/mol. The first-order chi connectivity index (χ1) is 11.1. The van der Waals surface area contributed by atoms with Gasteiger partial charge in [0.2, 0.25) is 5.91 Å². The lowest BCUT2D eigenvalue weighted by Crippen LogP contribution is -2.55. The Kier molecular flexibility index (Phi) is 3.96. The maximum Gasteiger partial charge on any atom is 0.331 e. The third kappa shape index (κ3) is 2.75. The average Bonchev–Trinajstić information content (AvgIpc) is 3.15. The van der Waals surface area contributed by atoms with Crippen molar-refractivity contribution in [3.05, 3.63) is 30.0 Å². The van der Waals surface area contributed by atoms with Crippen molar-refractivity contribution in [2.24, 2.45) is 0 Å². The van der Waals surface area contributed by atoms with Crippen LogP contribution in [0.4, 0.5) is 0 Å². The van der Waals surface area contributed by atoms with Gasteiger partial charge in [-0.3, -0.25) is 4.79 Å². The summed E-state index contributed by atoms with van der Waals surface area (Å²) in [6, 6.07) is 5.57. The van der Waals surface area contributed by atoms with Crippen molar-refractivity contribution in [2.75, 3.05) is 20.3 Å². The molecule has 3 rings (SSSR count). The lowest BCUT2D eigenvalue weighted by Gasteiger charge is -2.23. The number of carboxylic acid groups (broad SMARTS) is 1. The number of carbonyl (C=O) groups excluding carboxylic acids is 1. The van der Waals surface area contributed by atoms with E-state index in [1.165, 1.54) is 0 Å². The molecule has 1 aliphatic heterocycles. The number of ether oxygens (including phenoxy) is 2. The second-order valence-electron chi connectivity index (χ2n) is 5.61. The molecule has 1 unspecified atom stereocenters. The van der Waals surface area contributed by atoms with E-state index in [1.807, 2.05) is 18.2 Å². The van der Waals surface area contributed by atoms with Crippen molar-refractivity contribution >= 4 is 22.8 Å². The summed E-state index contributed by atoms with van der Waals surface area (Å²) in [5, 5.41) is 12.8. The Balaban J connectivity index is 1.82. The number of methoxy groups -OCH3 is 1. The van der Waals surface area contributed by atoms with Gasteiger partial charge >= 0.3 is 5.97 Å². The molecule has 0 radical (unpaired) electrons. The quantitative estimate of drug-likeness (QED) is 0.766. The van der Waals surface area contributed by atoms with Crippen molar-refractivity contribution in [1.82, 2.24) is 10.3 Å². The number of rotatable bonds is 5. The van der Waals surface area contributed by atoms with Crippen LogP contribution in [0.3, 0.4) is 0 Å². The van der Waals surface area contributed by atoms with E-state index in [2.05, 4.69) is 10.3 Å². The van der Waals surface area contributed by atoms with E-state index in [4.69, 9.17) is 9.47 Å². The Morgan fingerprint density at radius 2 is 2.30 bits per heavy atom. The summed E-state index contributed by atoms with van der Waals surface area (Å²) in [6.07, 6.45) is 2.08. The maximum absolute atomic E-state index is 12.3. The molecule has 1 amide bonds. The third-order valence-corrected chi connectivity index (χ3v) is 4.13. The molecule has 1 fully saturated rings. The molecule has 0 aliphatic carbocycles. The van der Waals surface area contributed by atoms with E-state index in [-0.39, 0.29) is 25.4 Å². The number of aromatic nitrogens is 1. The highest BCUT2D eigenvalue weighted by molar-refractivity contribution is 5.94. The molecule has 1 saturated heterocycles. The number of hydrogen-bond acceptors (Lipinski definition) is 4. The van der Waals surface area contributed by atoms with Crippen molar-refractivity contribution in [1.29, 1.82) is 0 Å². The van der Waals surface area contributed by atoms with Crippen LogP contribution in [0.5, 0.6) is 5.75 Å². The van der Waals surface area contributed by atoms with Gasteiger partial charge in [-0.05, 0) is 17.7 Å². The van der Waals surface area contributed by atoms with Crippen molar-refractivity contribution in [3.63, 3.8) is 0 Å². The Hall–Kier alpha value is -2.54. The molecule has 1 aliphatic rings. The summed E-state index contributed by atoms with van der Waals surface area (Å²) in [6.45, 7) is 0.318. The number of carboxylic acids is 1. The Morgan fingerprint density at radius 1 is 1.48 bits per heavy atom. The topological polar surface area (TPSA) is 101 Å². The summed E-state index contributed by atoms with van der Waals surface area (Å²) in [5.74, 6) is -0.756. The van der Waals surface area contributed by atoms with Gasteiger partial charge in [0, 0.05) is 30.1 Å². The number of H-pyrrole nitrogens is 1. The van der Waals surface area contributed by atoms with Crippen LogP contribution in [0.1, 0.15) is 12.0 Å². The highest BCUT2D eigenvalue weighted by Crippen LogP contribution is 2.29. The predicted octanol–water partition coefficient (Wildman–Crippen LogP) is 1.08. The normalized spacial score (nSPS) is 20.6. The molecule has 3 N–H and O–H groups in total. The van der Waals surface area contributed by atoms with Crippen LogP contribution in [0, 0.1) is 0 Å². The summed E-state index contributed by atoms with van der Waals surface area (Å²) < 4.78 is 10.5. The van der Waals surface area contributed by atoms with Gasteiger partial charge in [-0.2, -0.15) is 0 Å². The Labute approximate surface area is 132 Å². The largest absolute Gasteiger partial charge is 0.496 e. The molecule has 0 bridgehead atoms. The molecular formula is C16H18N2O5. The summed E-state index contributed by atoms with van der Waals surface area (Å²) in [4.78, 5) is 26.9. The average molecular weight is 318 g/mol. The first-order valence-electron chi connectivity index (χ1n) is 7.31. The summed E-state index contributed by atoms with van der Waals surface area (Å²) in [7, 11) is 1.57. The molecule has 23 heavy (non-hydrogen) atoms. The first-order valence-corrected chi connectivity index (χ1v) is 7.31. The van der Waals surface area contributed by atoms with Gasteiger partial charge in [0.1, 0.15) is 5.75 Å². The number of hydrogen-bond donors (Lipinski definition) is 3. The minimum absolute atomic E-state index is 0.00865. The molecule has 7 nitrogen and oxygen atoms in total. The van der Waals surface area contributed by atoms with Crippen LogP contribution in [0.2, 0.25) is 0 Å². The fourth-order valence-corrected chi connectivity index (χ4v) is 2.90. The van der Waals surface area contributed by atoms with Crippen LogP contribution < -0.4 is 10.1 Å². The van der Waals surface area contributed by atoms with E-state index >= 15 is 0 Å². The molecule has 1 atom stereocenters. The van der Waals surface area contributed by atoms with E-state index in [0.717, 1.165) is 16.5 Å². The lowest BCUT2D eigenvalue weighted by molar-refractivity contribution is -0.147. The number of nitrogens with one attached hydrogen (secondary N) is 2. The highest BCUT2D eigenvalue weighted by Gasteiger charge is 2.43. The van der Waals surface area contributed by atoms with Crippen molar-refractivity contribution in [3.8, 4) is 5.75 Å². The molecule has 122 valence electrons. The maximum atomic E-state index is 12.3. The lowest BCUT2D eigenvalue weighted by atomic mass is 9.98. The molecule has 1 aromatic carbocycles. The van der Waals surface area contributed by atoms with Gasteiger partial charge in [0.15, 0.2) is 5.54 Å². The van der Waals surface area contributed by atoms with Crippen molar-refractivity contribution < 1.29 is 24.2 Å². The highest BCUT2D eigenvalue weighted by atomic mass is 16.5. The van der Waals surface area contributed by atoms with E-state index < -0.39 is 11.5 Å². The molecule has 0 spiro atoms. The number of fused-ring (bicyclic) bond motifs is 1. The Morgan fingerprint density at radius 3 is 2.96 bits per heavy atom. The van der Waals surface area contributed by atoms with Crippen molar-refractivity contribution in [2.45, 2.75) is 18.4 Å². The van der Waals surface area contributed by atoms with Gasteiger partial charge in [0.25, 0.3) is 0 Å². The summed E-state index contributed by atoms with van der Waals surface area (Å²) >= 11 is 0. The molecule has 7 heteroatoms. The van der Waals surface area contributed by atoms with Gasteiger partial charge < -0.3 is 24.9 Å². The third-order valence-electron chi connectivity index (χ3n) is 4.13. The van der Waals surface area contributed by atoms with E-state index in [9.17, 15) is 14.7 Å². The molecule has 2 aromatic rings. The SMILES string of the molecule is COc1cccc2[nH]cc(CC(=O)NC3(C(=O)O)CCOC3)c12. The van der Waals surface area contributed by atoms with Gasteiger partial charge in [-0.1, -0.05) is 6.07 Å². The second-order valence-corrected chi connectivity index (χ2v) is 5.61. The predicted molar refractivity (Wildman–Crippen MR) is 82.5 cm³/mol. The summed E-state index contributed by atoms with van der Waals surface area (Å²) in [5.41, 5.74) is 0.298.